The standard InChI is InChI=1S/C15H15FN2O3/c1-8-5-9(16)3-4-10(8)13-12(7-19)18(2)6-11(14(13)20)15(17)21/h3-6,19H,7H2,1-2H3,(H2,17,21). The molecule has 0 bridgehead atoms. The Bertz CT molecular complexity index is 781. The van der Waals surface area contributed by atoms with Gasteiger partial charge in [0.1, 0.15) is 11.4 Å². The molecule has 0 saturated heterocycles. The van der Waals surface area contributed by atoms with E-state index in [1.54, 1.807) is 14.0 Å². The van der Waals surface area contributed by atoms with E-state index in [0.29, 0.717) is 16.8 Å². The highest BCUT2D eigenvalue weighted by atomic mass is 19.1. The number of nitrogens with two attached hydrogens (primary N) is 1. The minimum Gasteiger partial charge on any atom is -0.390 e. The van der Waals surface area contributed by atoms with Crippen molar-refractivity contribution in [2.24, 2.45) is 12.8 Å². The Hall–Kier alpha value is -2.47. The second-order valence-electron chi connectivity index (χ2n) is 4.79. The van der Waals surface area contributed by atoms with Crippen molar-refractivity contribution in [2.45, 2.75) is 13.5 Å². The number of primary amides is 1. The molecule has 1 aromatic heterocycles. The first-order chi connectivity index (χ1) is 9.86. The lowest BCUT2D eigenvalue weighted by molar-refractivity contribution is 0.0998. The summed E-state index contributed by atoms with van der Waals surface area (Å²) in [6, 6.07) is 3.96. The Morgan fingerprint density at radius 2 is 2.10 bits per heavy atom. The molecule has 0 unspecified atom stereocenters. The first kappa shape index (κ1) is 14.9. The summed E-state index contributed by atoms with van der Waals surface area (Å²) in [5.41, 5.74) is 5.95. The van der Waals surface area contributed by atoms with E-state index in [2.05, 4.69) is 0 Å². The summed E-state index contributed by atoms with van der Waals surface area (Å²) >= 11 is 0. The Morgan fingerprint density at radius 3 is 2.62 bits per heavy atom. The molecular weight excluding hydrogens is 275 g/mol. The summed E-state index contributed by atoms with van der Waals surface area (Å²) in [5.74, 6) is -1.27. The summed E-state index contributed by atoms with van der Waals surface area (Å²) in [6.07, 6.45) is 1.29. The van der Waals surface area contributed by atoms with Gasteiger partial charge in [-0.05, 0) is 30.2 Å². The van der Waals surface area contributed by atoms with Crippen LogP contribution in [0.5, 0.6) is 0 Å². The molecule has 0 fully saturated rings. The summed E-state index contributed by atoms with van der Waals surface area (Å²) in [6.45, 7) is 1.26. The van der Waals surface area contributed by atoms with Crippen LogP contribution in [0.3, 0.4) is 0 Å². The average molecular weight is 290 g/mol. The zero-order chi connectivity index (χ0) is 15.7. The minimum absolute atomic E-state index is 0.161. The fraction of sp³-hybridized carbons (Fsp3) is 0.200. The van der Waals surface area contributed by atoms with Gasteiger partial charge in [-0.25, -0.2) is 4.39 Å². The van der Waals surface area contributed by atoms with Crippen molar-refractivity contribution in [1.29, 1.82) is 0 Å². The Balaban J connectivity index is 2.89. The number of rotatable bonds is 3. The highest BCUT2D eigenvalue weighted by Gasteiger charge is 2.19. The number of carbonyl (C=O) groups excluding carboxylic acids is 1. The van der Waals surface area contributed by atoms with Gasteiger partial charge in [0.05, 0.1) is 17.9 Å². The summed E-state index contributed by atoms with van der Waals surface area (Å²) in [5, 5.41) is 9.51. The van der Waals surface area contributed by atoms with E-state index in [9.17, 15) is 19.1 Å². The number of carbonyl (C=O) groups is 1. The van der Waals surface area contributed by atoms with Crippen molar-refractivity contribution in [3.05, 3.63) is 57.3 Å². The Morgan fingerprint density at radius 1 is 1.43 bits per heavy atom. The van der Waals surface area contributed by atoms with Crippen LogP contribution in [0.15, 0.2) is 29.2 Å². The number of nitrogens with zero attached hydrogens (tertiary/aromatic N) is 1. The lowest BCUT2D eigenvalue weighted by Gasteiger charge is -2.15. The molecule has 0 atom stereocenters. The molecule has 21 heavy (non-hydrogen) atoms. The van der Waals surface area contributed by atoms with Crippen molar-refractivity contribution in [1.82, 2.24) is 4.57 Å². The van der Waals surface area contributed by atoms with Crippen LogP contribution in [-0.2, 0) is 13.7 Å². The number of hydrogen-bond donors (Lipinski definition) is 2. The second kappa shape index (κ2) is 5.49. The predicted molar refractivity (Wildman–Crippen MR) is 76.3 cm³/mol. The predicted octanol–water partition coefficient (Wildman–Crippen LogP) is 1.09. The van der Waals surface area contributed by atoms with Crippen LogP contribution in [0, 0.1) is 12.7 Å². The number of aryl methyl sites for hydroxylation is 2. The van der Waals surface area contributed by atoms with E-state index < -0.39 is 23.8 Å². The number of benzene rings is 1. The molecular formula is C15H15FN2O3. The topological polar surface area (TPSA) is 85.3 Å². The number of halogens is 1. The molecule has 1 aromatic carbocycles. The van der Waals surface area contributed by atoms with Crippen LogP contribution >= 0.6 is 0 Å². The maximum Gasteiger partial charge on any atom is 0.254 e. The molecule has 2 rings (SSSR count). The van der Waals surface area contributed by atoms with Crippen LogP contribution in [0.2, 0.25) is 0 Å². The van der Waals surface area contributed by atoms with Crippen molar-refractivity contribution in [3.8, 4) is 11.1 Å². The van der Waals surface area contributed by atoms with E-state index >= 15 is 0 Å². The Labute approximate surface area is 120 Å². The quantitative estimate of drug-likeness (QED) is 0.887. The van der Waals surface area contributed by atoms with Crippen LogP contribution in [0.1, 0.15) is 21.6 Å². The van der Waals surface area contributed by atoms with Gasteiger partial charge in [-0.1, -0.05) is 6.07 Å². The van der Waals surface area contributed by atoms with Crippen LogP contribution in [-0.4, -0.2) is 15.6 Å². The fourth-order valence-corrected chi connectivity index (χ4v) is 2.32. The van der Waals surface area contributed by atoms with Gasteiger partial charge in [-0.2, -0.15) is 0 Å². The molecule has 2 aromatic rings. The van der Waals surface area contributed by atoms with Gasteiger partial charge >= 0.3 is 0 Å². The summed E-state index contributed by atoms with van der Waals surface area (Å²) in [7, 11) is 1.60. The fourth-order valence-electron chi connectivity index (χ4n) is 2.32. The molecule has 110 valence electrons. The summed E-state index contributed by atoms with van der Waals surface area (Å²) in [4.78, 5) is 23.8. The first-order valence-electron chi connectivity index (χ1n) is 6.26. The zero-order valence-corrected chi connectivity index (χ0v) is 11.7. The van der Waals surface area contributed by atoms with E-state index in [1.165, 1.54) is 29.0 Å². The van der Waals surface area contributed by atoms with Crippen molar-refractivity contribution < 1.29 is 14.3 Å². The number of aromatic nitrogens is 1. The van der Waals surface area contributed by atoms with Crippen molar-refractivity contribution >= 4 is 5.91 Å². The number of pyridine rings is 1. The smallest absolute Gasteiger partial charge is 0.254 e. The molecule has 1 heterocycles. The third kappa shape index (κ3) is 2.57. The van der Waals surface area contributed by atoms with E-state index in [4.69, 9.17) is 5.73 Å². The molecule has 3 N–H and O–H groups in total. The summed E-state index contributed by atoms with van der Waals surface area (Å²) < 4.78 is 14.7. The first-order valence-corrected chi connectivity index (χ1v) is 6.26. The highest BCUT2D eigenvalue weighted by Crippen LogP contribution is 2.25. The third-order valence-electron chi connectivity index (χ3n) is 3.38. The molecule has 5 nitrogen and oxygen atoms in total. The maximum absolute atomic E-state index is 13.2. The van der Waals surface area contributed by atoms with Crippen molar-refractivity contribution in [3.63, 3.8) is 0 Å². The molecule has 0 saturated carbocycles. The van der Waals surface area contributed by atoms with E-state index in [1.807, 2.05) is 0 Å². The van der Waals surface area contributed by atoms with Gasteiger partial charge < -0.3 is 15.4 Å². The molecule has 0 aliphatic carbocycles. The van der Waals surface area contributed by atoms with Gasteiger partial charge in [0.2, 0.25) is 5.43 Å². The lowest BCUT2D eigenvalue weighted by Crippen LogP contribution is -2.26. The van der Waals surface area contributed by atoms with Crippen molar-refractivity contribution in [2.75, 3.05) is 0 Å². The SMILES string of the molecule is Cc1cc(F)ccc1-c1c(CO)n(C)cc(C(N)=O)c1=O. The largest absolute Gasteiger partial charge is 0.390 e. The number of aliphatic hydroxyl groups is 1. The van der Waals surface area contributed by atoms with Crippen LogP contribution < -0.4 is 11.2 Å². The van der Waals surface area contributed by atoms with Gasteiger partial charge in [0.25, 0.3) is 5.91 Å². The molecule has 0 aliphatic heterocycles. The molecule has 0 spiro atoms. The van der Waals surface area contributed by atoms with Gasteiger partial charge in [0, 0.05) is 13.2 Å². The number of hydrogen-bond acceptors (Lipinski definition) is 3. The maximum atomic E-state index is 13.2. The third-order valence-corrected chi connectivity index (χ3v) is 3.38. The molecule has 0 aliphatic rings. The van der Waals surface area contributed by atoms with Crippen LogP contribution in [0.25, 0.3) is 11.1 Å². The van der Waals surface area contributed by atoms with Crippen LogP contribution in [0.4, 0.5) is 4.39 Å². The second-order valence-corrected chi connectivity index (χ2v) is 4.79. The van der Waals surface area contributed by atoms with Gasteiger partial charge in [-0.3, -0.25) is 9.59 Å². The molecule has 0 radical (unpaired) electrons. The minimum atomic E-state index is -0.846. The highest BCUT2D eigenvalue weighted by molar-refractivity contribution is 5.94. The zero-order valence-electron chi connectivity index (χ0n) is 11.7. The Kier molecular flexibility index (Phi) is 3.90. The number of aliphatic hydroxyl groups excluding tert-OH is 1. The van der Waals surface area contributed by atoms with E-state index in [-0.39, 0.29) is 11.1 Å². The average Bonchev–Trinajstić information content (AvgIpc) is 2.41. The molecule has 1 amide bonds. The normalized spacial score (nSPS) is 10.7. The van der Waals surface area contributed by atoms with Gasteiger partial charge in [0.15, 0.2) is 0 Å². The monoisotopic (exact) mass is 290 g/mol. The molecule has 6 heteroatoms. The lowest BCUT2D eigenvalue weighted by atomic mass is 9.96. The van der Waals surface area contributed by atoms with E-state index in [0.717, 1.165) is 0 Å². The number of amides is 1. The van der Waals surface area contributed by atoms with Gasteiger partial charge in [-0.15, -0.1) is 0 Å².